The van der Waals surface area contributed by atoms with Gasteiger partial charge in [0.05, 0.1) is 6.54 Å². The largest absolute Gasteiger partial charge is 0.348 e. The van der Waals surface area contributed by atoms with Crippen LogP contribution in [-0.2, 0) is 9.59 Å². The maximum Gasteiger partial charge on any atom is 0.240 e. The van der Waals surface area contributed by atoms with Crippen LogP contribution in [0.25, 0.3) is 0 Å². The Morgan fingerprint density at radius 2 is 2.27 bits per heavy atom. The van der Waals surface area contributed by atoms with Crippen molar-refractivity contribution in [2.24, 2.45) is 5.73 Å². The number of carbonyl (C=O) groups is 2. The van der Waals surface area contributed by atoms with Crippen molar-refractivity contribution in [2.45, 2.75) is 32.2 Å². The van der Waals surface area contributed by atoms with Gasteiger partial charge in [0.25, 0.3) is 0 Å². The van der Waals surface area contributed by atoms with Crippen LogP contribution in [0, 0.1) is 0 Å². The molecule has 5 heteroatoms. The van der Waals surface area contributed by atoms with E-state index in [1.807, 2.05) is 13.8 Å². The molecule has 0 atom stereocenters. The number of amides is 2. The van der Waals surface area contributed by atoms with Gasteiger partial charge in [-0.15, -0.1) is 0 Å². The first-order valence-electron chi connectivity index (χ1n) is 5.23. The SMILES string of the molecule is CC(C)(CN)NC(=O)CN1CCCC1=O. The third-order valence-corrected chi connectivity index (χ3v) is 2.49. The Bertz CT molecular complexity index is 263. The predicted octanol–water partition coefficient (Wildman–Crippen LogP) is -0.538. The smallest absolute Gasteiger partial charge is 0.240 e. The first-order valence-corrected chi connectivity index (χ1v) is 5.23. The molecule has 5 nitrogen and oxygen atoms in total. The zero-order chi connectivity index (χ0) is 11.5. The van der Waals surface area contributed by atoms with Crippen LogP contribution < -0.4 is 11.1 Å². The monoisotopic (exact) mass is 213 g/mol. The van der Waals surface area contributed by atoms with Gasteiger partial charge in [-0.05, 0) is 20.3 Å². The van der Waals surface area contributed by atoms with Gasteiger partial charge in [-0.2, -0.15) is 0 Å². The number of nitrogens with zero attached hydrogens (tertiary/aromatic N) is 1. The highest BCUT2D eigenvalue weighted by molar-refractivity contribution is 5.86. The van der Waals surface area contributed by atoms with E-state index in [9.17, 15) is 9.59 Å². The Balaban J connectivity index is 2.39. The summed E-state index contributed by atoms with van der Waals surface area (Å²) in [6, 6.07) is 0. The molecule has 0 saturated carbocycles. The van der Waals surface area contributed by atoms with Crippen molar-refractivity contribution < 1.29 is 9.59 Å². The van der Waals surface area contributed by atoms with Crippen molar-refractivity contribution in [1.29, 1.82) is 0 Å². The Morgan fingerprint density at radius 1 is 1.60 bits per heavy atom. The van der Waals surface area contributed by atoms with Crippen molar-refractivity contribution in [3.63, 3.8) is 0 Å². The second-order valence-electron chi connectivity index (χ2n) is 4.56. The van der Waals surface area contributed by atoms with Gasteiger partial charge in [-0.1, -0.05) is 0 Å². The van der Waals surface area contributed by atoms with E-state index in [2.05, 4.69) is 5.32 Å². The summed E-state index contributed by atoms with van der Waals surface area (Å²) in [6.07, 6.45) is 1.42. The number of rotatable bonds is 4. The number of hydrogen-bond acceptors (Lipinski definition) is 3. The van der Waals surface area contributed by atoms with Crippen molar-refractivity contribution in [1.82, 2.24) is 10.2 Å². The molecule has 1 heterocycles. The Kier molecular flexibility index (Phi) is 3.68. The first kappa shape index (κ1) is 12.0. The molecule has 1 rings (SSSR count). The lowest BCUT2D eigenvalue weighted by molar-refractivity contribution is -0.133. The molecule has 1 fully saturated rings. The van der Waals surface area contributed by atoms with Crippen LogP contribution in [0.15, 0.2) is 0 Å². The van der Waals surface area contributed by atoms with Crippen LogP contribution in [0.3, 0.4) is 0 Å². The van der Waals surface area contributed by atoms with Gasteiger partial charge in [0.1, 0.15) is 0 Å². The topological polar surface area (TPSA) is 75.4 Å². The molecule has 0 spiro atoms. The molecule has 0 bridgehead atoms. The van der Waals surface area contributed by atoms with E-state index in [4.69, 9.17) is 5.73 Å². The lowest BCUT2D eigenvalue weighted by Crippen LogP contribution is -2.51. The van der Waals surface area contributed by atoms with Gasteiger partial charge in [0.15, 0.2) is 0 Å². The van der Waals surface area contributed by atoms with Crippen LogP contribution in [0.2, 0.25) is 0 Å². The lowest BCUT2D eigenvalue weighted by atomic mass is 10.1. The normalized spacial score (nSPS) is 17.0. The Hall–Kier alpha value is -1.10. The molecule has 1 aliphatic rings. The predicted molar refractivity (Wildman–Crippen MR) is 57.1 cm³/mol. The highest BCUT2D eigenvalue weighted by Gasteiger charge is 2.24. The molecule has 0 aromatic rings. The molecule has 86 valence electrons. The fourth-order valence-corrected chi connectivity index (χ4v) is 1.51. The number of nitrogens with two attached hydrogens (primary N) is 1. The van der Waals surface area contributed by atoms with Gasteiger partial charge < -0.3 is 16.0 Å². The van der Waals surface area contributed by atoms with E-state index in [1.54, 1.807) is 4.90 Å². The summed E-state index contributed by atoms with van der Waals surface area (Å²) in [6.45, 7) is 4.94. The van der Waals surface area contributed by atoms with E-state index in [0.717, 1.165) is 6.42 Å². The zero-order valence-corrected chi connectivity index (χ0v) is 9.38. The molecule has 1 saturated heterocycles. The summed E-state index contributed by atoms with van der Waals surface area (Å²) in [5.74, 6) is -0.0728. The number of nitrogens with one attached hydrogen (secondary N) is 1. The van der Waals surface area contributed by atoms with Crippen molar-refractivity contribution in [2.75, 3.05) is 19.6 Å². The van der Waals surface area contributed by atoms with E-state index in [1.165, 1.54) is 0 Å². The zero-order valence-electron chi connectivity index (χ0n) is 9.38. The highest BCUT2D eigenvalue weighted by Crippen LogP contribution is 2.09. The van der Waals surface area contributed by atoms with Gasteiger partial charge in [-0.3, -0.25) is 9.59 Å². The van der Waals surface area contributed by atoms with E-state index in [-0.39, 0.29) is 18.4 Å². The molecule has 2 amide bonds. The Morgan fingerprint density at radius 3 is 2.73 bits per heavy atom. The fraction of sp³-hybridized carbons (Fsp3) is 0.800. The molecule has 0 radical (unpaired) electrons. The van der Waals surface area contributed by atoms with Crippen molar-refractivity contribution >= 4 is 11.8 Å². The average molecular weight is 213 g/mol. The molecular formula is C10H19N3O2. The maximum atomic E-state index is 11.6. The summed E-state index contributed by atoms with van der Waals surface area (Å²) in [5.41, 5.74) is 5.09. The Labute approximate surface area is 90.0 Å². The quantitative estimate of drug-likeness (QED) is 0.658. The van der Waals surface area contributed by atoms with E-state index < -0.39 is 5.54 Å². The van der Waals surface area contributed by atoms with Crippen LogP contribution >= 0.6 is 0 Å². The molecule has 0 aromatic carbocycles. The number of likely N-dealkylation sites (tertiary alicyclic amines) is 1. The van der Waals surface area contributed by atoms with Crippen LogP contribution in [0.5, 0.6) is 0 Å². The summed E-state index contributed by atoms with van der Waals surface area (Å²) in [5, 5.41) is 2.80. The highest BCUT2D eigenvalue weighted by atomic mass is 16.2. The minimum Gasteiger partial charge on any atom is -0.348 e. The van der Waals surface area contributed by atoms with Gasteiger partial charge in [0.2, 0.25) is 11.8 Å². The molecule has 0 aliphatic carbocycles. The second kappa shape index (κ2) is 4.61. The number of hydrogen-bond donors (Lipinski definition) is 2. The summed E-state index contributed by atoms with van der Waals surface area (Å²) in [7, 11) is 0. The first-order chi connectivity index (χ1) is 6.94. The maximum absolute atomic E-state index is 11.6. The van der Waals surface area contributed by atoms with Crippen molar-refractivity contribution in [3.05, 3.63) is 0 Å². The standard InChI is InChI=1S/C10H19N3O2/c1-10(2,7-11)12-8(14)6-13-5-3-4-9(13)15/h3-7,11H2,1-2H3,(H,12,14). The van der Waals surface area contributed by atoms with Gasteiger partial charge >= 0.3 is 0 Å². The molecular weight excluding hydrogens is 194 g/mol. The van der Waals surface area contributed by atoms with Crippen LogP contribution in [0.4, 0.5) is 0 Å². The minimum atomic E-state index is -0.403. The average Bonchev–Trinajstić information content (AvgIpc) is 2.51. The van der Waals surface area contributed by atoms with Crippen LogP contribution in [0.1, 0.15) is 26.7 Å². The lowest BCUT2D eigenvalue weighted by Gasteiger charge is -2.25. The second-order valence-corrected chi connectivity index (χ2v) is 4.56. The van der Waals surface area contributed by atoms with E-state index >= 15 is 0 Å². The number of carbonyl (C=O) groups excluding carboxylic acids is 2. The summed E-state index contributed by atoms with van der Waals surface area (Å²) < 4.78 is 0. The van der Waals surface area contributed by atoms with Crippen LogP contribution in [-0.4, -0.2) is 41.9 Å². The third kappa shape index (κ3) is 3.51. The van der Waals surface area contributed by atoms with E-state index in [0.29, 0.717) is 19.5 Å². The minimum absolute atomic E-state index is 0.0655. The molecule has 3 N–H and O–H groups in total. The molecule has 15 heavy (non-hydrogen) atoms. The molecule has 0 aromatic heterocycles. The fourth-order valence-electron chi connectivity index (χ4n) is 1.51. The van der Waals surface area contributed by atoms with Gasteiger partial charge in [-0.25, -0.2) is 0 Å². The summed E-state index contributed by atoms with van der Waals surface area (Å²) in [4.78, 5) is 24.4. The van der Waals surface area contributed by atoms with Crippen molar-refractivity contribution in [3.8, 4) is 0 Å². The molecule has 1 aliphatic heterocycles. The summed E-state index contributed by atoms with van der Waals surface area (Å²) >= 11 is 0. The molecule has 0 unspecified atom stereocenters. The third-order valence-electron chi connectivity index (χ3n) is 2.49. The van der Waals surface area contributed by atoms with Gasteiger partial charge in [0, 0.05) is 25.0 Å².